The third-order valence-electron chi connectivity index (χ3n) is 3.84. The summed E-state index contributed by atoms with van der Waals surface area (Å²) in [5.74, 6) is 0.0425. The standard InChI is InChI=1S/C15H17N3O3S/c19-15(17-12-6-8-22(20,21)9-7-12)13-10-16-18-14(13)11-4-2-1-3-5-11/h1-5,10,12H,6-9H2,(H,16,18)(H,17,19). The highest BCUT2D eigenvalue weighted by Gasteiger charge is 2.26. The molecule has 0 aliphatic carbocycles. The lowest BCUT2D eigenvalue weighted by molar-refractivity contribution is 0.0935. The summed E-state index contributed by atoms with van der Waals surface area (Å²) in [5, 5.41) is 9.71. The molecule has 2 aromatic rings. The molecule has 3 rings (SSSR count). The van der Waals surface area contributed by atoms with Crippen LogP contribution in [-0.2, 0) is 9.84 Å². The summed E-state index contributed by atoms with van der Waals surface area (Å²) >= 11 is 0. The number of rotatable bonds is 3. The van der Waals surface area contributed by atoms with Crippen molar-refractivity contribution in [3.8, 4) is 11.3 Å². The molecule has 7 heteroatoms. The highest BCUT2D eigenvalue weighted by atomic mass is 32.2. The first kappa shape index (κ1) is 14.8. The minimum atomic E-state index is -2.93. The van der Waals surface area contributed by atoms with E-state index >= 15 is 0 Å². The molecule has 0 radical (unpaired) electrons. The van der Waals surface area contributed by atoms with E-state index in [1.54, 1.807) is 0 Å². The monoisotopic (exact) mass is 319 g/mol. The van der Waals surface area contributed by atoms with Crippen molar-refractivity contribution in [1.29, 1.82) is 0 Å². The van der Waals surface area contributed by atoms with Crippen LogP contribution >= 0.6 is 0 Å². The molecule has 1 aromatic heterocycles. The summed E-state index contributed by atoms with van der Waals surface area (Å²) in [4.78, 5) is 12.4. The van der Waals surface area contributed by atoms with Crippen molar-refractivity contribution in [2.45, 2.75) is 18.9 Å². The lowest BCUT2D eigenvalue weighted by Gasteiger charge is -2.22. The van der Waals surface area contributed by atoms with Gasteiger partial charge >= 0.3 is 0 Å². The quantitative estimate of drug-likeness (QED) is 0.894. The van der Waals surface area contributed by atoms with Crippen LogP contribution in [-0.4, -0.2) is 42.1 Å². The maximum Gasteiger partial charge on any atom is 0.255 e. The molecule has 1 aromatic carbocycles. The van der Waals surface area contributed by atoms with E-state index in [2.05, 4.69) is 15.5 Å². The fourth-order valence-corrected chi connectivity index (χ4v) is 4.07. The third kappa shape index (κ3) is 3.19. The fourth-order valence-electron chi connectivity index (χ4n) is 2.58. The molecule has 2 N–H and O–H groups in total. The summed E-state index contributed by atoms with van der Waals surface area (Å²) in [6.07, 6.45) is 2.43. The van der Waals surface area contributed by atoms with Crippen LogP contribution in [0.25, 0.3) is 11.3 Å². The van der Waals surface area contributed by atoms with Gasteiger partial charge in [-0.25, -0.2) is 8.42 Å². The van der Waals surface area contributed by atoms with Crippen molar-refractivity contribution in [3.05, 3.63) is 42.1 Å². The Hall–Kier alpha value is -2.15. The van der Waals surface area contributed by atoms with E-state index in [0.29, 0.717) is 24.1 Å². The fraction of sp³-hybridized carbons (Fsp3) is 0.333. The van der Waals surface area contributed by atoms with Gasteiger partial charge in [0.25, 0.3) is 5.91 Å². The highest BCUT2D eigenvalue weighted by molar-refractivity contribution is 7.91. The molecule has 0 saturated carbocycles. The van der Waals surface area contributed by atoms with E-state index in [4.69, 9.17) is 0 Å². The van der Waals surface area contributed by atoms with Crippen molar-refractivity contribution in [1.82, 2.24) is 15.5 Å². The van der Waals surface area contributed by atoms with Gasteiger partial charge < -0.3 is 5.32 Å². The summed E-state index contributed by atoms with van der Waals surface area (Å²) in [6.45, 7) is 0. The zero-order chi connectivity index (χ0) is 15.6. The number of amides is 1. The van der Waals surface area contributed by atoms with Crippen molar-refractivity contribution >= 4 is 15.7 Å². The highest BCUT2D eigenvalue weighted by Crippen LogP contribution is 2.21. The molecule has 1 saturated heterocycles. The second kappa shape index (κ2) is 5.92. The molecule has 0 spiro atoms. The molecule has 0 bridgehead atoms. The van der Waals surface area contributed by atoms with E-state index in [9.17, 15) is 13.2 Å². The molecule has 2 heterocycles. The number of carbonyl (C=O) groups excluding carboxylic acids is 1. The van der Waals surface area contributed by atoms with Gasteiger partial charge in [0.15, 0.2) is 0 Å². The number of hydrogen-bond acceptors (Lipinski definition) is 4. The average molecular weight is 319 g/mol. The Morgan fingerprint density at radius 2 is 1.86 bits per heavy atom. The van der Waals surface area contributed by atoms with Crippen LogP contribution in [0.4, 0.5) is 0 Å². The molecular weight excluding hydrogens is 302 g/mol. The van der Waals surface area contributed by atoms with Crippen LogP contribution in [0.1, 0.15) is 23.2 Å². The van der Waals surface area contributed by atoms with Crippen molar-refractivity contribution in [3.63, 3.8) is 0 Å². The Labute approximate surface area is 128 Å². The van der Waals surface area contributed by atoms with E-state index in [1.807, 2.05) is 30.3 Å². The lowest BCUT2D eigenvalue weighted by Crippen LogP contribution is -2.40. The number of carbonyl (C=O) groups is 1. The Balaban J connectivity index is 1.73. The molecular formula is C15H17N3O3S. The van der Waals surface area contributed by atoms with E-state index in [1.165, 1.54) is 6.20 Å². The molecule has 0 unspecified atom stereocenters. The normalized spacial score (nSPS) is 18.0. The second-order valence-corrected chi connectivity index (χ2v) is 7.73. The van der Waals surface area contributed by atoms with Crippen molar-refractivity contribution < 1.29 is 13.2 Å². The minimum absolute atomic E-state index is 0.102. The maximum absolute atomic E-state index is 12.4. The molecule has 116 valence electrons. The van der Waals surface area contributed by atoms with E-state index in [-0.39, 0.29) is 23.5 Å². The summed E-state index contributed by atoms with van der Waals surface area (Å²) in [7, 11) is -2.93. The van der Waals surface area contributed by atoms with Gasteiger partial charge in [0.1, 0.15) is 9.84 Å². The first-order valence-corrected chi connectivity index (χ1v) is 8.97. The summed E-state index contributed by atoms with van der Waals surface area (Å²) < 4.78 is 22.8. The number of benzene rings is 1. The SMILES string of the molecule is O=C(NC1CCS(=O)(=O)CC1)c1cn[nH]c1-c1ccccc1. The van der Waals surface area contributed by atoms with Gasteiger partial charge in [-0.1, -0.05) is 30.3 Å². The van der Waals surface area contributed by atoms with Gasteiger partial charge in [0, 0.05) is 11.6 Å². The number of aromatic amines is 1. The zero-order valence-electron chi connectivity index (χ0n) is 12.0. The van der Waals surface area contributed by atoms with Gasteiger partial charge in [-0.3, -0.25) is 9.89 Å². The number of nitrogens with one attached hydrogen (secondary N) is 2. The lowest BCUT2D eigenvalue weighted by atomic mass is 10.1. The van der Waals surface area contributed by atoms with Crippen LogP contribution in [0.2, 0.25) is 0 Å². The van der Waals surface area contributed by atoms with Crippen molar-refractivity contribution in [2.24, 2.45) is 0 Å². The molecule has 0 atom stereocenters. The zero-order valence-corrected chi connectivity index (χ0v) is 12.8. The predicted molar refractivity (Wildman–Crippen MR) is 83.2 cm³/mol. The Morgan fingerprint density at radius 1 is 1.18 bits per heavy atom. The van der Waals surface area contributed by atoms with Crippen LogP contribution in [0.5, 0.6) is 0 Å². The Kier molecular flexibility index (Phi) is 3.98. The smallest absolute Gasteiger partial charge is 0.255 e. The van der Waals surface area contributed by atoms with Crippen molar-refractivity contribution in [2.75, 3.05) is 11.5 Å². The number of aromatic nitrogens is 2. The van der Waals surface area contributed by atoms with Gasteiger partial charge in [0.05, 0.1) is 29.0 Å². The Bertz CT molecular complexity index is 754. The van der Waals surface area contributed by atoms with Gasteiger partial charge in [0.2, 0.25) is 0 Å². The van der Waals surface area contributed by atoms with E-state index < -0.39 is 9.84 Å². The number of hydrogen-bond donors (Lipinski definition) is 2. The molecule has 1 aliphatic heterocycles. The van der Waals surface area contributed by atoms with Gasteiger partial charge in [-0.2, -0.15) is 5.10 Å². The maximum atomic E-state index is 12.4. The summed E-state index contributed by atoms with van der Waals surface area (Å²) in [5.41, 5.74) is 2.03. The molecule has 1 aliphatic rings. The minimum Gasteiger partial charge on any atom is -0.349 e. The molecule has 22 heavy (non-hydrogen) atoms. The van der Waals surface area contributed by atoms with Crippen LogP contribution < -0.4 is 5.32 Å². The van der Waals surface area contributed by atoms with Gasteiger partial charge in [-0.05, 0) is 12.8 Å². The molecule has 6 nitrogen and oxygen atoms in total. The van der Waals surface area contributed by atoms with Gasteiger partial charge in [-0.15, -0.1) is 0 Å². The summed E-state index contributed by atoms with van der Waals surface area (Å²) in [6, 6.07) is 9.39. The second-order valence-electron chi connectivity index (χ2n) is 5.42. The van der Waals surface area contributed by atoms with Crippen LogP contribution in [0, 0.1) is 0 Å². The molecule has 1 amide bonds. The topological polar surface area (TPSA) is 91.9 Å². The Morgan fingerprint density at radius 3 is 2.55 bits per heavy atom. The largest absolute Gasteiger partial charge is 0.349 e. The number of nitrogens with zero attached hydrogens (tertiary/aromatic N) is 1. The van der Waals surface area contributed by atoms with E-state index in [0.717, 1.165) is 5.56 Å². The van der Waals surface area contributed by atoms with Crippen LogP contribution in [0.15, 0.2) is 36.5 Å². The third-order valence-corrected chi connectivity index (χ3v) is 5.55. The average Bonchev–Trinajstić information content (AvgIpc) is 3.00. The predicted octanol–water partition coefficient (Wildman–Crippen LogP) is 1.38. The molecule has 1 fully saturated rings. The van der Waals surface area contributed by atoms with Crippen LogP contribution in [0.3, 0.4) is 0 Å². The first-order chi connectivity index (χ1) is 10.6. The number of sulfone groups is 1. The number of H-pyrrole nitrogens is 1. The first-order valence-electron chi connectivity index (χ1n) is 7.15.